The lowest BCUT2D eigenvalue weighted by molar-refractivity contribution is 0.975. The topological polar surface area (TPSA) is 51.8 Å². The molecule has 1 heterocycles. The van der Waals surface area contributed by atoms with Crippen molar-refractivity contribution in [3.8, 4) is 0 Å². The van der Waals surface area contributed by atoms with Gasteiger partial charge >= 0.3 is 0 Å². The van der Waals surface area contributed by atoms with Crippen molar-refractivity contribution >= 4 is 17.6 Å². The molecular formula is C11H11N3S. The van der Waals surface area contributed by atoms with Gasteiger partial charge in [-0.25, -0.2) is 9.97 Å². The molecular weight excluding hydrogens is 206 g/mol. The second-order valence-corrected chi connectivity index (χ2v) is 4.19. The SMILES string of the molecule is Cc1nc(N)cc(Sc2ccccc2)n1. The highest BCUT2D eigenvalue weighted by Crippen LogP contribution is 2.26. The molecule has 1 aromatic carbocycles. The van der Waals surface area contributed by atoms with E-state index in [1.165, 1.54) is 0 Å². The Morgan fingerprint density at radius 2 is 1.87 bits per heavy atom. The fourth-order valence-corrected chi connectivity index (χ4v) is 2.12. The number of nitrogens with two attached hydrogens (primary N) is 1. The Balaban J connectivity index is 2.25. The normalized spacial score (nSPS) is 10.2. The number of nitrogen functional groups attached to an aromatic ring is 1. The number of rotatable bonds is 2. The smallest absolute Gasteiger partial charge is 0.128 e. The standard InChI is InChI=1S/C11H11N3S/c1-8-13-10(12)7-11(14-8)15-9-5-3-2-4-6-9/h2-7H,1H3,(H2,12,13,14). The van der Waals surface area contributed by atoms with Crippen molar-refractivity contribution < 1.29 is 0 Å². The number of aryl methyl sites for hydroxylation is 1. The zero-order chi connectivity index (χ0) is 10.7. The van der Waals surface area contributed by atoms with Gasteiger partial charge in [-0.15, -0.1) is 0 Å². The van der Waals surface area contributed by atoms with Crippen LogP contribution in [-0.4, -0.2) is 9.97 Å². The summed E-state index contributed by atoms with van der Waals surface area (Å²) in [6, 6.07) is 11.9. The third-order valence-electron chi connectivity index (χ3n) is 1.80. The monoisotopic (exact) mass is 217 g/mol. The van der Waals surface area contributed by atoms with Gasteiger partial charge in [0.2, 0.25) is 0 Å². The quantitative estimate of drug-likeness (QED) is 0.785. The summed E-state index contributed by atoms with van der Waals surface area (Å²) in [5, 5.41) is 0.881. The van der Waals surface area contributed by atoms with E-state index in [2.05, 4.69) is 9.97 Å². The van der Waals surface area contributed by atoms with Crippen molar-refractivity contribution in [2.45, 2.75) is 16.8 Å². The second-order valence-electron chi connectivity index (χ2n) is 3.09. The van der Waals surface area contributed by atoms with E-state index in [0.717, 1.165) is 9.92 Å². The highest BCUT2D eigenvalue weighted by molar-refractivity contribution is 7.99. The first-order valence-corrected chi connectivity index (χ1v) is 5.40. The van der Waals surface area contributed by atoms with Crippen LogP contribution in [0, 0.1) is 6.92 Å². The van der Waals surface area contributed by atoms with Gasteiger partial charge in [-0.05, 0) is 19.1 Å². The molecule has 3 nitrogen and oxygen atoms in total. The van der Waals surface area contributed by atoms with Crippen LogP contribution in [0.2, 0.25) is 0 Å². The number of hydrogen-bond acceptors (Lipinski definition) is 4. The Hall–Kier alpha value is -1.55. The molecule has 0 amide bonds. The van der Waals surface area contributed by atoms with E-state index in [9.17, 15) is 0 Å². The first-order chi connectivity index (χ1) is 7.24. The zero-order valence-corrected chi connectivity index (χ0v) is 9.16. The van der Waals surface area contributed by atoms with E-state index in [1.54, 1.807) is 17.8 Å². The molecule has 0 bridgehead atoms. The maximum absolute atomic E-state index is 5.65. The molecule has 1 aromatic heterocycles. The molecule has 0 saturated carbocycles. The molecule has 0 atom stereocenters. The molecule has 76 valence electrons. The number of anilines is 1. The van der Waals surface area contributed by atoms with Gasteiger partial charge in [-0.3, -0.25) is 0 Å². The summed E-state index contributed by atoms with van der Waals surface area (Å²) in [5.41, 5.74) is 5.65. The maximum atomic E-state index is 5.65. The van der Waals surface area contributed by atoms with Gasteiger partial charge < -0.3 is 5.73 Å². The molecule has 0 aliphatic rings. The molecule has 0 aliphatic heterocycles. The predicted octanol–water partition coefficient (Wildman–Crippen LogP) is 2.52. The second kappa shape index (κ2) is 4.31. The summed E-state index contributed by atoms with van der Waals surface area (Å²) >= 11 is 1.58. The zero-order valence-electron chi connectivity index (χ0n) is 8.34. The minimum absolute atomic E-state index is 0.515. The van der Waals surface area contributed by atoms with E-state index in [-0.39, 0.29) is 0 Å². The number of hydrogen-bond donors (Lipinski definition) is 1. The van der Waals surface area contributed by atoms with Gasteiger partial charge in [0.05, 0.1) is 0 Å². The summed E-state index contributed by atoms with van der Waals surface area (Å²) in [6.45, 7) is 1.84. The average Bonchev–Trinajstić information content (AvgIpc) is 2.17. The van der Waals surface area contributed by atoms with Gasteiger partial charge in [0.15, 0.2) is 0 Å². The first kappa shape index (κ1) is 9.98. The van der Waals surface area contributed by atoms with Crippen LogP contribution in [0.15, 0.2) is 46.3 Å². The number of benzene rings is 1. The third kappa shape index (κ3) is 2.70. The van der Waals surface area contributed by atoms with Crippen LogP contribution in [0.3, 0.4) is 0 Å². The summed E-state index contributed by atoms with van der Waals surface area (Å²) < 4.78 is 0. The van der Waals surface area contributed by atoms with Gasteiger partial charge in [0, 0.05) is 11.0 Å². The molecule has 0 fully saturated rings. The lowest BCUT2D eigenvalue weighted by Crippen LogP contribution is -1.96. The Kier molecular flexibility index (Phi) is 2.87. The van der Waals surface area contributed by atoms with Crippen molar-refractivity contribution in [3.63, 3.8) is 0 Å². The molecule has 0 saturated heterocycles. The Bertz CT molecular complexity index is 436. The molecule has 0 radical (unpaired) electrons. The van der Waals surface area contributed by atoms with Crippen molar-refractivity contribution in [3.05, 3.63) is 42.2 Å². The minimum atomic E-state index is 0.515. The van der Waals surface area contributed by atoms with Gasteiger partial charge in [-0.2, -0.15) is 0 Å². The number of nitrogens with zero attached hydrogens (tertiary/aromatic N) is 2. The molecule has 0 aliphatic carbocycles. The molecule has 2 aromatic rings. The lowest BCUT2D eigenvalue weighted by atomic mass is 10.4. The fourth-order valence-electron chi connectivity index (χ4n) is 1.22. The average molecular weight is 217 g/mol. The van der Waals surface area contributed by atoms with Crippen LogP contribution in [0.25, 0.3) is 0 Å². The summed E-state index contributed by atoms with van der Waals surface area (Å²) in [7, 11) is 0. The number of aromatic nitrogens is 2. The highest BCUT2D eigenvalue weighted by atomic mass is 32.2. The van der Waals surface area contributed by atoms with Crippen LogP contribution in [0.1, 0.15) is 5.82 Å². The van der Waals surface area contributed by atoms with Crippen LogP contribution < -0.4 is 5.73 Å². The van der Waals surface area contributed by atoms with Crippen LogP contribution in [-0.2, 0) is 0 Å². The summed E-state index contributed by atoms with van der Waals surface area (Å²) in [5.74, 6) is 1.22. The van der Waals surface area contributed by atoms with E-state index in [4.69, 9.17) is 5.73 Å². The van der Waals surface area contributed by atoms with Crippen LogP contribution in [0.5, 0.6) is 0 Å². The maximum Gasteiger partial charge on any atom is 0.128 e. The van der Waals surface area contributed by atoms with Crippen molar-refractivity contribution in [1.82, 2.24) is 9.97 Å². The Morgan fingerprint density at radius 1 is 1.13 bits per heavy atom. The molecule has 2 N–H and O–H groups in total. The molecule has 2 rings (SSSR count). The van der Waals surface area contributed by atoms with Crippen LogP contribution in [0.4, 0.5) is 5.82 Å². The molecule has 0 spiro atoms. The van der Waals surface area contributed by atoms with Crippen molar-refractivity contribution in [2.24, 2.45) is 0 Å². The molecule has 4 heteroatoms. The summed E-state index contributed by atoms with van der Waals surface area (Å²) in [6.07, 6.45) is 0. The van der Waals surface area contributed by atoms with E-state index in [1.807, 2.05) is 37.3 Å². The fraction of sp³-hybridized carbons (Fsp3) is 0.0909. The largest absolute Gasteiger partial charge is 0.384 e. The Morgan fingerprint density at radius 3 is 2.53 bits per heavy atom. The minimum Gasteiger partial charge on any atom is -0.384 e. The molecule has 0 unspecified atom stereocenters. The van der Waals surface area contributed by atoms with Gasteiger partial charge in [0.25, 0.3) is 0 Å². The van der Waals surface area contributed by atoms with Crippen LogP contribution >= 0.6 is 11.8 Å². The first-order valence-electron chi connectivity index (χ1n) is 4.58. The van der Waals surface area contributed by atoms with Gasteiger partial charge in [0.1, 0.15) is 16.7 Å². The highest BCUT2D eigenvalue weighted by Gasteiger charge is 2.01. The van der Waals surface area contributed by atoms with E-state index < -0.39 is 0 Å². The van der Waals surface area contributed by atoms with Crippen molar-refractivity contribution in [2.75, 3.05) is 5.73 Å². The lowest BCUT2D eigenvalue weighted by Gasteiger charge is -2.02. The van der Waals surface area contributed by atoms with Gasteiger partial charge in [-0.1, -0.05) is 30.0 Å². The van der Waals surface area contributed by atoms with E-state index in [0.29, 0.717) is 11.6 Å². The predicted molar refractivity (Wildman–Crippen MR) is 61.7 cm³/mol. The molecule has 15 heavy (non-hydrogen) atoms. The van der Waals surface area contributed by atoms with Crippen molar-refractivity contribution in [1.29, 1.82) is 0 Å². The summed E-state index contributed by atoms with van der Waals surface area (Å²) in [4.78, 5) is 9.48. The Labute approximate surface area is 92.8 Å². The van der Waals surface area contributed by atoms with E-state index >= 15 is 0 Å². The third-order valence-corrected chi connectivity index (χ3v) is 2.73.